The molecule has 0 aromatic heterocycles. The summed E-state index contributed by atoms with van der Waals surface area (Å²) in [7, 11) is -7.53. The number of sulfonamides is 2. The largest absolute Gasteiger partial charge is 0.280 e. The first-order valence-electron chi connectivity index (χ1n) is 11.1. The summed E-state index contributed by atoms with van der Waals surface area (Å²) in [4.78, 5) is 0.332. The first-order chi connectivity index (χ1) is 16.6. The second-order valence-electron chi connectivity index (χ2n) is 8.76. The monoisotopic (exact) mass is 504 g/mol. The second-order valence-corrected chi connectivity index (χ2v) is 12.1. The molecule has 5 rings (SSSR count). The fourth-order valence-corrected chi connectivity index (χ4v) is 6.54. The fraction of sp³-hybridized carbons (Fsp3) is 0.111. The highest BCUT2D eigenvalue weighted by atomic mass is 32.2. The van der Waals surface area contributed by atoms with Gasteiger partial charge in [0.2, 0.25) is 0 Å². The Morgan fingerprint density at radius 2 is 1.00 bits per heavy atom. The minimum atomic E-state index is -3.76. The Hall–Kier alpha value is -3.62. The number of benzene rings is 4. The predicted molar refractivity (Wildman–Crippen MR) is 139 cm³/mol. The van der Waals surface area contributed by atoms with Crippen LogP contribution in [0.2, 0.25) is 0 Å². The molecule has 0 spiro atoms. The fourth-order valence-electron chi connectivity index (χ4n) is 4.34. The molecule has 0 aliphatic heterocycles. The molecule has 0 fully saturated rings. The van der Waals surface area contributed by atoms with E-state index >= 15 is 0 Å². The van der Waals surface area contributed by atoms with Crippen LogP contribution in [-0.2, 0) is 26.5 Å². The van der Waals surface area contributed by atoms with Gasteiger partial charge in [-0.3, -0.25) is 9.44 Å². The van der Waals surface area contributed by atoms with Crippen LogP contribution >= 0.6 is 0 Å². The standard InChI is InChI=1S/C27H24N2O4S2/c1-18-5-3-7-22(13-18)28-34(30,31)24-9-11-26-20(16-24)15-21-17-25(10-12-27(21)26)35(32,33)29-23-8-4-6-19(2)14-23/h3-14,16-17,28-29H,15H2,1-2H3. The molecule has 0 heterocycles. The molecule has 0 saturated heterocycles. The number of aryl methyl sites for hydroxylation is 2. The molecule has 178 valence electrons. The zero-order valence-corrected chi connectivity index (χ0v) is 20.9. The van der Waals surface area contributed by atoms with Gasteiger partial charge < -0.3 is 0 Å². The minimum Gasteiger partial charge on any atom is -0.280 e. The first-order valence-corrected chi connectivity index (χ1v) is 14.0. The Bertz CT molecular complexity index is 1550. The van der Waals surface area contributed by atoms with Crippen molar-refractivity contribution in [3.63, 3.8) is 0 Å². The molecule has 0 atom stereocenters. The number of anilines is 2. The summed E-state index contributed by atoms with van der Waals surface area (Å²) >= 11 is 0. The summed E-state index contributed by atoms with van der Waals surface area (Å²) in [5.41, 5.74) is 6.42. The number of nitrogens with one attached hydrogen (secondary N) is 2. The zero-order chi connectivity index (χ0) is 24.8. The Morgan fingerprint density at radius 1 is 0.571 bits per heavy atom. The van der Waals surface area contributed by atoms with Crippen LogP contribution in [0, 0.1) is 13.8 Å². The normalized spacial score (nSPS) is 12.6. The summed E-state index contributed by atoms with van der Waals surface area (Å²) in [6.45, 7) is 3.80. The highest BCUT2D eigenvalue weighted by Gasteiger charge is 2.25. The molecule has 35 heavy (non-hydrogen) atoms. The number of fused-ring (bicyclic) bond motifs is 3. The Kier molecular flexibility index (Phi) is 5.65. The quantitative estimate of drug-likeness (QED) is 0.320. The van der Waals surface area contributed by atoms with Crippen molar-refractivity contribution in [1.82, 2.24) is 0 Å². The van der Waals surface area contributed by atoms with Crippen LogP contribution in [0.1, 0.15) is 22.3 Å². The third-order valence-corrected chi connectivity index (χ3v) is 8.74. The van der Waals surface area contributed by atoms with Crippen molar-refractivity contribution < 1.29 is 16.8 Å². The van der Waals surface area contributed by atoms with Crippen molar-refractivity contribution in [1.29, 1.82) is 0 Å². The summed E-state index contributed by atoms with van der Waals surface area (Å²) in [6, 6.07) is 24.4. The Morgan fingerprint density at radius 3 is 1.40 bits per heavy atom. The molecular weight excluding hydrogens is 480 g/mol. The molecule has 6 nitrogen and oxygen atoms in total. The summed E-state index contributed by atoms with van der Waals surface area (Å²) in [6.07, 6.45) is 0.451. The van der Waals surface area contributed by atoms with Crippen molar-refractivity contribution in [3.8, 4) is 11.1 Å². The number of rotatable bonds is 6. The topological polar surface area (TPSA) is 92.3 Å². The number of hydrogen-bond acceptors (Lipinski definition) is 4. The van der Waals surface area contributed by atoms with Gasteiger partial charge in [-0.15, -0.1) is 0 Å². The molecule has 0 amide bonds. The summed E-state index contributed by atoms with van der Waals surface area (Å²) in [5.74, 6) is 0. The molecule has 0 unspecified atom stereocenters. The van der Waals surface area contributed by atoms with Crippen LogP contribution in [0.3, 0.4) is 0 Å². The summed E-state index contributed by atoms with van der Waals surface area (Å²) < 4.78 is 57.1. The minimum absolute atomic E-state index is 0.166. The summed E-state index contributed by atoms with van der Waals surface area (Å²) in [5, 5.41) is 0. The van der Waals surface area contributed by atoms with Crippen LogP contribution in [0.25, 0.3) is 11.1 Å². The SMILES string of the molecule is Cc1cccc(NS(=O)(=O)c2ccc3c(c2)Cc2cc(S(=O)(=O)Nc4cccc(C)c4)ccc2-3)c1. The molecule has 8 heteroatoms. The van der Waals surface area contributed by atoms with Crippen molar-refractivity contribution in [2.45, 2.75) is 30.1 Å². The zero-order valence-electron chi connectivity index (χ0n) is 19.2. The average molecular weight is 505 g/mol. The lowest BCUT2D eigenvalue weighted by molar-refractivity contribution is 0.599. The predicted octanol–water partition coefficient (Wildman–Crippen LogP) is 5.48. The highest BCUT2D eigenvalue weighted by Crippen LogP contribution is 2.39. The van der Waals surface area contributed by atoms with Crippen molar-refractivity contribution in [2.75, 3.05) is 9.44 Å². The van der Waals surface area contributed by atoms with Gasteiger partial charge in [0.25, 0.3) is 20.0 Å². The van der Waals surface area contributed by atoms with E-state index in [2.05, 4.69) is 9.44 Å². The maximum Gasteiger partial charge on any atom is 0.261 e. The van der Waals surface area contributed by atoms with E-state index in [-0.39, 0.29) is 9.79 Å². The Labute approximate surface area is 205 Å². The molecule has 0 saturated carbocycles. The van der Waals surface area contributed by atoms with Gasteiger partial charge in [-0.1, -0.05) is 36.4 Å². The number of hydrogen-bond donors (Lipinski definition) is 2. The van der Waals surface area contributed by atoms with Crippen molar-refractivity contribution in [2.24, 2.45) is 0 Å². The average Bonchev–Trinajstić information content (AvgIpc) is 3.15. The molecule has 4 aromatic carbocycles. The molecule has 0 radical (unpaired) electrons. The van der Waals surface area contributed by atoms with Crippen molar-refractivity contribution >= 4 is 31.4 Å². The third kappa shape index (κ3) is 4.67. The first kappa shape index (κ1) is 23.1. The lowest BCUT2D eigenvalue weighted by atomic mass is 10.1. The molecule has 1 aliphatic rings. The molecular formula is C27H24N2O4S2. The molecule has 4 aromatic rings. The lowest BCUT2D eigenvalue weighted by Gasteiger charge is -2.11. The highest BCUT2D eigenvalue weighted by molar-refractivity contribution is 7.93. The van der Waals surface area contributed by atoms with Crippen LogP contribution < -0.4 is 9.44 Å². The van der Waals surface area contributed by atoms with Crippen LogP contribution in [0.4, 0.5) is 11.4 Å². The van der Waals surface area contributed by atoms with E-state index in [1.54, 1.807) is 72.8 Å². The van der Waals surface area contributed by atoms with Crippen LogP contribution in [0.15, 0.2) is 94.7 Å². The van der Waals surface area contributed by atoms with E-state index in [4.69, 9.17) is 0 Å². The molecule has 0 bridgehead atoms. The smallest absolute Gasteiger partial charge is 0.261 e. The van der Waals surface area contributed by atoms with E-state index in [0.717, 1.165) is 33.4 Å². The van der Waals surface area contributed by atoms with E-state index in [1.165, 1.54) is 0 Å². The van der Waals surface area contributed by atoms with Crippen LogP contribution in [-0.4, -0.2) is 16.8 Å². The van der Waals surface area contributed by atoms with Gasteiger partial charge in [-0.2, -0.15) is 0 Å². The van der Waals surface area contributed by atoms with Gasteiger partial charge in [0, 0.05) is 11.4 Å². The van der Waals surface area contributed by atoms with Gasteiger partial charge in [0.05, 0.1) is 9.79 Å². The van der Waals surface area contributed by atoms with Gasteiger partial charge >= 0.3 is 0 Å². The molecule has 1 aliphatic carbocycles. The third-order valence-electron chi connectivity index (χ3n) is 5.99. The van der Waals surface area contributed by atoms with E-state index in [1.807, 2.05) is 26.0 Å². The molecule has 2 N–H and O–H groups in total. The van der Waals surface area contributed by atoms with Crippen LogP contribution in [0.5, 0.6) is 0 Å². The Balaban J connectivity index is 1.41. The van der Waals surface area contributed by atoms with Crippen molar-refractivity contribution in [3.05, 3.63) is 107 Å². The van der Waals surface area contributed by atoms with E-state index < -0.39 is 20.0 Å². The van der Waals surface area contributed by atoms with Gasteiger partial charge in [0.15, 0.2) is 0 Å². The van der Waals surface area contributed by atoms with E-state index in [0.29, 0.717) is 17.8 Å². The maximum atomic E-state index is 13.0. The van der Waals surface area contributed by atoms with Gasteiger partial charge in [0.1, 0.15) is 0 Å². The van der Waals surface area contributed by atoms with Gasteiger partial charge in [-0.05, 0) is 102 Å². The second kappa shape index (κ2) is 8.55. The maximum absolute atomic E-state index is 13.0. The van der Waals surface area contributed by atoms with E-state index in [9.17, 15) is 16.8 Å². The lowest BCUT2D eigenvalue weighted by Crippen LogP contribution is -2.13. The van der Waals surface area contributed by atoms with Gasteiger partial charge in [-0.25, -0.2) is 16.8 Å².